The van der Waals surface area contributed by atoms with Crippen molar-refractivity contribution in [2.75, 3.05) is 6.61 Å². The Kier molecular flexibility index (Phi) is 6.15. The van der Waals surface area contributed by atoms with Crippen molar-refractivity contribution in [3.63, 3.8) is 0 Å². The van der Waals surface area contributed by atoms with Crippen molar-refractivity contribution in [3.8, 4) is 5.75 Å². The van der Waals surface area contributed by atoms with Crippen molar-refractivity contribution in [3.05, 3.63) is 68.4 Å². The van der Waals surface area contributed by atoms with Gasteiger partial charge in [-0.2, -0.15) is 5.10 Å². The number of thiophene rings is 1. The maximum atomic E-state index is 11.8. The van der Waals surface area contributed by atoms with E-state index in [-0.39, 0.29) is 23.6 Å². The third kappa shape index (κ3) is 4.74. The normalized spacial score (nSPS) is 11.7. The Morgan fingerprint density at radius 1 is 1.31 bits per heavy atom. The van der Waals surface area contributed by atoms with Gasteiger partial charge in [0.2, 0.25) is 0 Å². The molecule has 0 unspecified atom stereocenters. The molecule has 0 spiro atoms. The van der Waals surface area contributed by atoms with Gasteiger partial charge in [-0.25, -0.2) is 5.43 Å². The quantitative estimate of drug-likeness (QED) is 0.349. The Labute approximate surface area is 169 Å². The molecule has 1 heterocycles. The largest absolute Gasteiger partial charge is 0.507 e. The summed E-state index contributed by atoms with van der Waals surface area (Å²) in [5.74, 6) is -0.740. The van der Waals surface area contributed by atoms with Crippen LogP contribution >= 0.6 is 11.3 Å². The summed E-state index contributed by atoms with van der Waals surface area (Å²) in [5.41, 5.74) is 2.79. The summed E-state index contributed by atoms with van der Waals surface area (Å²) in [7, 11) is 0. The molecule has 1 amide bonds. The Morgan fingerprint density at radius 3 is 2.76 bits per heavy atom. The van der Waals surface area contributed by atoms with Crippen molar-refractivity contribution in [2.24, 2.45) is 10.3 Å². The average molecular weight is 412 g/mol. The number of carbonyl (C=O) groups excluding carboxylic acids is 1. The highest BCUT2D eigenvalue weighted by atomic mass is 32.1. The number of oxime groups is 1. The lowest BCUT2D eigenvalue weighted by molar-refractivity contribution is -0.383. The number of benzene rings is 2. The molecule has 0 aliphatic rings. The van der Waals surface area contributed by atoms with Crippen LogP contribution in [0.25, 0.3) is 10.8 Å². The van der Waals surface area contributed by atoms with Gasteiger partial charge >= 0.3 is 0 Å². The molecule has 0 fully saturated rings. The smallest absolute Gasteiger partial charge is 0.280 e. The number of amides is 1. The topological polar surface area (TPSA) is 126 Å². The van der Waals surface area contributed by atoms with Gasteiger partial charge in [-0.15, -0.1) is 11.3 Å². The molecule has 0 saturated carbocycles. The van der Waals surface area contributed by atoms with E-state index in [4.69, 9.17) is 4.84 Å². The summed E-state index contributed by atoms with van der Waals surface area (Å²) in [5, 5.41) is 31.8. The van der Waals surface area contributed by atoms with Gasteiger partial charge in [0.05, 0.1) is 27.1 Å². The fraction of sp³-hybridized carbons (Fsp3) is 0.105. The molecule has 0 aliphatic heterocycles. The van der Waals surface area contributed by atoms with E-state index in [0.29, 0.717) is 16.5 Å². The SMILES string of the molecule is C/C(=N/OCC(=O)N/N=C/c1cc([N+](=O)[O-])c2ccccc2c1O)c1cccs1. The molecule has 0 saturated heterocycles. The number of hydrogen-bond donors (Lipinski definition) is 2. The van der Waals surface area contributed by atoms with Gasteiger partial charge in [-0.3, -0.25) is 14.9 Å². The third-order valence-electron chi connectivity index (χ3n) is 3.89. The maximum Gasteiger partial charge on any atom is 0.280 e. The Morgan fingerprint density at radius 2 is 2.07 bits per heavy atom. The first kappa shape index (κ1) is 20.0. The van der Waals surface area contributed by atoms with Crippen LogP contribution in [0.1, 0.15) is 17.4 Å². The Bertz CT molecular complexity index is 1110. The number of nitrogens with one attached hydrogen (secondary N) is 1. The van der Waals surface area contributed by atoms with Gasteiger partial charge in [0.25, 0.3) is 11.6 Å². The van der Waals surface area contributed by atoms with E-state index >= 15 is 0 Å². The summed E-state index contributed by atoms with van der Waals surface area (Å²) in [4.78, 5) is 28.5. The van der Waals surface area contributed by atoms with E-state index in [0.717, 1.165) is 11.1 Å². The molecule has 0 aliphatic carbocycles. The number of phenols is 1. The number of fused-ring (bicyclic) bond motifs is 1. The predicted octanol–water partition coefficient (Wildman–Crippen LogP) is 3.41. The first-order valence-corrected chi connectivity index (χ1v) is 9.26. The fourth-order valence-corrected chi connectivity index (χ4v) is 3.20. The second-order valence-electron chi connectivity index (χ2n) is 5.86. The standard InChI is InChI=1S/C19H16N4O5S/c1-12(17-7-4-8-29-17)22-28-11-18(24)21-20-10-13-9-16(23(26)27)14-5-2-3-6-15(14)19(13)25/h2-10,25H,11H2,1H3,(H,21,24)/b20-10+,22-12-. The molecular formula is C19H16N4O5S. The lowest BCUT2D eigenvalue weighted by Gasteiger charge is -2.05. The van der Waals surface area contributed by atoms with E-state index in [2.05, 4.69) is 15.7 Å². The summed E-state index contributed by atoms with van der Waals surface area (Å²) < 4.78 is 0. The van der Waals surface area contributed by atoms with Crippen LogP contribution in [0.3, 0.4) is 0 Å². The molecule has 1 aromatic heterocycles. The molecule has 0 radical (unpaired) electrons. The van der Waals surface area contributed by atoms with E-state index in [1.807, 2.05) is 17.5 Å². The van der Waals surface area contributed by atoms with Crippen LogP contribution in [-0.4, -0.2) is 34.5 Å². The van der Waals surface area contributed by atoms with Crippen LogP contribution in [0.15, 0.2) is 58.1 Å². The van der Waals surface area contributed by atoms with Crippen LogP contribution in [0, 0.1) is 10.1 Å². The van der Waals surface area contributed by atoms with E-state index in [1.165, 1.54) is 17.4 Å². The molecule has 0 atom stereocenters. The van der Waals surface area contributed by atoms with Gasteiger partial charge < -0.3 is 9.94 Å². The monoisotopic (exact) mass is 412 g/mol. The van der Waals surface area contributed by atoms with Crippen LogP contribution < -0.4 is 5.43 Å². The van der Waals surface area contributed by atoms with Crippen LogP contribution in [0.4, 0.5) is 5.69 Å². The molecule has 2 aromatic carbocycles. The highest BCUT2D eigenvalue weighted by Gasteiger charge is 2.17. The van der Waals surface area contributed by atoms with E-state index < -0.39 is 10.8 Å². The fourth-order valence-electron chi connectivity index (χ4n) is 2.53. The highest BCUT2D eigenvalue weighted by molar-refractivity contribution is 7.12. The first-order valence-electron chi connectivity index (χ1n) is 8.39. The zero-order chi connectivity index (χ0) is 20.8. The number of aromatic hydroxyl groups is 1. The third-order valence-corrected chi connectivity index (χ3v) is 4.87. The molecule has 9 nitrogen and oxygen atoms in total. The number of carbonyl (C=O) groups is 1. The zero-order valence-corrected chi connectivity index (χ0v) is 16.0. The number of hydrogen-bond acceptors (Lipinski definition) is 8. The number of non-ortho nitro benzene ring substituents is 1. The van der Waals surface area contributed by atoms with Gasteiger partial charge in [-0.1, -0.05) is 29.4 Å². The molecule has 2 N–H and O–H groups in total. The minimum absolute atomic E-state index is 0.100. The molecule has 3 rings (SSSR count). The minimum Gasteiger partial charge on any atom is -0.507 e. The van der Waals surface area contributed by atoms with Gasteiger partial charge in [0.1, 0.15) is 5.75 Å². The van der Waals surface area contributed by atoms with Crippen LogP contribution in [0.5, 0.6) is 5.75 Å². The van der Waals surface area contributed by atoms with E-state index in [9.17, 15) is 20.0 Å². The number of nitro benzene ring substituents is 1. The van der Waals surface area contributed by atoms with Crippen molar-refractivity contribution >= 4 is 45.6 Å². The zero-order valence-electron chi connectivity index (χ0n) is 15.2. The molecule has 3 aromatic rings. The number of nitrogens with zero attached hydrogens (tertiary/aromatic N) is 3. The molecule has 148 valence electrons. The van der Waals surface area contributed by atoms with Gasteiger partial charge in [0.15, 0.2) is 6.61 Å². The Balaban J connectivity index is 1.66. The lowest BCUT2D eigenvalue weighted by atomic mass is 10.0. The number of phenolic OH excluding ortho intramolecular Hbond substituents is 1. The van der Waals surface area contributed by atoms with Crippen LogP contribution in [-0.2, 0) is 9.63 Å². The number of rotatable bonds is 7. The number of hydrazone groups is 1. The Hall–Kier alpha value is -3.79. The van der Waals surface area contributed by atoms with Crippen molar-refractivity contribution in [2.45, 2.75) is 6.92 Å². The van der Waals surface area contributed by atoms with Gasteiger partial charge in [0, 0.05) is 17.0 Å². The summed E-state index contributed by atoms with van der Waals surface area (Å²) in [6.07, 6.45) is 1.13. The summed E-state index contributed by atoms with van der Waals surface area (Å²) >= 11 is 1.50. The summed E-state index contributed by atoms with van der Waals surface area (Å²) in [6, 6.07) is 11.4. The molecular weight excluding hydrogens is 396 g/mol. The molecule has 10 heteroatoms. The number of nitro groups is 1. The van der Waals surface area contributed by atoms with E-state index in [1.54, 1.807) is 31.2 Å². The minimum atomic E-state index is -0.571. The predicted molar refractivity (Wildman–Crippen MR) is 110 cm³/mol. The lowest BCUT2D eigenvalue weighted by Crippen LogP contribution is -2.22. The summed E-state index contributed by atoms with van der Waals surface area (Å²) in [6.45, 7) is 1.40. The van der Waals surface area contributed by atoms with Gasteiger partial charge in [-0.05, 0) is 24.4 Å². The molecule has 29 heavy (non-hydrogen) atoms. The van der Waals surface area contributed by atoms with Crippen LogP contribution in [0.2, 0.25) is 0 Å². The van der Waals surface area contributed by atoms with Crippen molar-refractivity contribution in [1.29, 1.82) is 0 Å². The maximum absolute atomic E-state index is 11.8. The highest BCUT2D eigenvalue weighted by Crippen LogP contribution is 2.34. The second kappa shape index (κ2) is 8.93. The van der Waals surface area contributed by atoms with Crippen molar-refractivity contribution in [1.82, 2.24) is 5.43 Å². The molecule has 0 bridgehead atoms. The van der Waals surface area contributed by atoms with Crippen molar-refractivity contribution < 1.29 is 19.7 Å². The average Bonchev–Trinajstić information content (AvgIpc) is 3.24. The second-order valence-corrected chi connectivity index (χ2v) is 6.80. The first-order chi connectivity index (χ1) is 14.0.